The highest BCUT2D eigenvalue weighted by Gasteiger charge is 2.24. The summed E-state index contributed by atoms with van der Waals surface area (Å²) in [5.41, 5.74) is 3.31. The van der Waals surface area contributed by atoms with Gasteiger partial charge in [-0.15, -0.1) is 0 Å². The number of nitrogens with one attached hydrogen (secondary N) is 1. The first-order chi connectivity index (χ1) is 13.6. The van der Waals surface area contributed by atoms with Crippen LogP contribution in [0.5, 0.6) is 5.75 Å². The van der Waals surface area contributed by atoms with Crippen LogP contribution in [0.15, 0.2) is 54.6 Å². The first-order valence-corrected chi connectivity index (χ1v) is 9.35. The molecule has 6 nitrogen and oxygen atoms in total. The van der Waals surface area contributed by atoms with Crippen LogP contribution in [0.1, 0.15) is 33.4 Å². The Morgan fingerprint density at radius 3 is 2.71 bits per heavy atom. The predicted molar refractivity (Wildman–Crippen MR) is 105 cm³/mol. The summed E-state index contributed by atoms with van der Waals surface area (Å²) >= 11 is 5.95. The quantitative estimate of drug-likeness (QED) is 0.712. The molecule has 1 unspecified atom stereocenters. The van der Waals surface area contributed by atoms with Gasteiger partial charge in [-0.25, -0.2) is 0 Å². The number of rotatable bonds is 5. The van der Waals surface area contributed by atoms with Crippen LogP contribution >= 0.6 is 11.6 Å². The molecule has 1 atom stereocenters. The van der Waals surface area contributed by atoms with E-state index in [-0.39, 0.29) is 12.0 Å². The van der Waals surface area contributed by atoms with Gasteiger partial charge in [0.05, 0.1) is 26.0 Å². The topological polar surface area (TPSA) is 65.4 Å². The van der Waals surface area contributed by atoms with Gasteiger partial charge in [0.2, 0.25) is 0 Å². The van der Waals surface area contributed by atoms with E-state index in [2.05, 4.69) is 10.4 Å². The number of aromatic nitrogens is 2. The lowest BCUT2D eigenvalue weighted by Crippen LogP contribution is -2.24. The fraction of sp³-hybridized carbons (Fsp3) is 0.238. The van der Waals surface area contributed by atoms with Crippen LogP contribution in [0.4, 0.5) is 0 Å². The van der Waals surface area contributed by atoms with Crippen LogP contribution in [0, 0.1) is 0 Å². The van der Waals surface area contributed by atoms with Gasteiger partial charge in [0, 0.05) is 11.6 Å². The van der Waals surface area contributed by atoms with Crippen molar-refractivity contribution in [2.75, 3.05) is 7.11 Å². The van der Waals surface area contributed by atoms with E-state index in [1.807, 2.05) is 53.2 Å². The molecule has 2 heterocycles. The van der Waals surface area contributed by atoms with Crippen molar-refractivity contribution in [2.24, 2.45) is 0 Å². The van der Waals surface area contributed by atoms with E-state index >= 15 is 0 Å². The Morgan fingerprint density at radius 1 is 1.25 bits per heavy atom. The molecule has 1 N–H and O–H groups in total. The summed E-state index contributed by atoms with van der Waals surface area (Å²) < 4.78 is 12.9. The number of halogens is 1. The number of carbonyl (C=O) groups excluding carboxylic acids is 1. The van der Waals surface area contributed by atoms with Crippen molar-refractivity contribution >= 4 is 17.5 Å². The molecule has 1 aliphatic rings. The van der Waals surface area contributed by atoms with E-state index in [0.29, 0.717) is 30.4 Å². The summed E-state index contributed by atoms with van der Waals surface area (Å²) in [6, 6.07) is 16.9. The Labute approximate surface area is 168 Å². The molecule has 2 aromatic carbocycles. The molecule has 7 heteroatoms. The Balaban J connectivity index is 1.40. The molecule has 0 saturated carbocycles. The minimum Gasteiger partial charge on any atom is -0.497 e. The van der Waals surface area contributed by atoms with Gasteiger partial charge < -0.3 is 14.8 Å². The molecule has 0 spiro atoms. The third-order valence-electron chi connectivity index (χ3n) is 4.72. The molecule has 0 saturated heterocycles. The summed E-state index contributed by atoms with van der Waals surface area (Å²) in [6.45, 7) is 1.39. The van der Waals surface area contributed by atoms with Gasteiger partial charge in [0.1, 0.15) is 11.9 Å². The van der Waals surface area contributed by atoms with Gasteiger partial charge in [-0.1, -0.05) is 35.9 Å². The lowest BCUT2D eigenvalue weighted by atomic mass is 10.1. The lowest BCUT2D eigenvalue weighted by molar-refractivity contribution is -0.00119. The number of hydrogen-bond acceptors (Lipinski definition) is 4. The van der Waals surface area contributed by atoms with E-state index in [1.54, 1.807) is 13.2 Å². The van der Waals surface area contributed by atoms with Crippen LogP contribution in [0.2, 0.25) is 5.02 Å². The lowest BCUT2D eigenvalue weighted by Gasteiger charge is -2.24. The minimum atomic E-state index is -0.208. The first-order valence-electron chi connectivity index (χ1n) is 8.97. The molecule has 1 amide bonds. The van der Waals surface area contributed by atoms with Crippen molar-refractivity contribution < 1.29 is 14.3 Å². The van der Waals surface area contributed by atoms with Gasteiger partial charge in [0.25, 0.3) is 5.91 Å². The molecule has 3 aromatic rings. The molecule has 4 rings (SSSR count). The van der Waals surface area contributed by atoms with Crippen molar-refractivity contribution in [1.29, 1.82) is 0 Å². The predicted octanol–water partition coefficient (Wildman–Crippen LogP) is 3.75. The Bertz CT molecular complexity index is 968. The maximum atomic E-state index is 12.5. The van der Waals surface area contributed by atoms with Gasteiger partial charge in [-0.2, -0.15) is 5.10 Å². The van der Waals surface area contributed by atoms with Crippen LogP contribution in [-0.2, 0) is 24.4 Å². The molecular weight excluding hydrogens is 378 g/mol. The van der Waals surface area contributed by atoms with Crippen molar-refractivity contribution in [3.05, 3.63) is 82.1 Å². The second-order valence-electron chi connectivity index (χ2n) is 6.58. The zero-order chi connectivity index (χ0) is 19.5. The monoisotopic (exact) mass is 397 g/mol. The fourth-order valence-corrected chi connectivity index (χ4v) is 3.26. The Kier molecular flexibility index (Phi) is 5.32. The van der Waals surface area contributed by atoms with Crippen LogP contribution in [0.3, 0.4) is 0 Å². The fourth-order valence-electron chi connectivity index (χ4n) is 3.13. The van der Waals surface area contributed by atoms with Gasteiger partial charge in [-0.3, -0.25) is 9.48 Å². The zero-order valence-corrected chi connectivity index (χ0v) is 16.1. The molecule has 144 valence electrons. The molecule has 1 aromatic heterocycles. The largest absolute Gasteiger partial charge is 0.497 e. The highest BCUT2D eigenvalue weighted by molar-refractivity contribution is 6.30. The highest BCUT2D eigenvalue weighted by Crippen LogP contribution is 2.27. The second kappa shape index (κ2) is 8.04. The number of benzene rings is 2. The summed E-state index contributed by atoms with van der Waals surface area (Å²) in [5.74, 6) is 0.577. The number of ether oxygens (including phenoxy) is 2. The van der Waals surface area contributed by atoms with E-state index < -0.39 is 0 Å². The standard InChI is InChI=1S/C21H20ClN3O3/c1-27-18-8-2-14(3-9-18)11-23-21(26)19-10-17-13-28-20(12-25(17)24-19)15-4-6-16(22)7-5-15/h2-10,20H,11-13H2,1H3,(H,23,26). The molecule has 0 aliphatic carbocycles. The molecule has 28 heavy (non-hydrogen) atoms. The number of carbonyl (C=O) groups is 1. The second-order valence-corrected chi connectivity index (χ2v) is 7.02. The van der Waals surface area contributed by atoms with Gasteiger partial charge >= 0.3 is 0 Å². The average molecular weight is 398 g/mol. The SMILES string of the molecule is COc1ccc(CNC(=O)c2cc3n(n2)CC(c2ccc(Cl)cc2)OC3)cc1. The molecular formula is C21H20ClN3O3. The third-order valence-corrected chi connectivity index (χ3v) is 4.97. The van der Waals surface area contributed by atoms with Crippen molar-refractivity contribution in [2.45, 2.75) is 25.8 Å². The van der Waals surface area contributed by atoms with Gasteiger partial charge in [-0.05, 0) is 41.5 Å². The Hall–Kier alpha value is -2.83. The number of hydrogen-bond donors (Lipinski definition) is 1. The minimum absolute atomic E-state index is 0.111. The normalized spacial score (nSPS) is 15.7. The van der Waals surface area contributed by atoms with Crippen LogP contribution in [-0.4, -0.2) is 22.8 Å². The third kappa shape index (κ3) is 4.03. The number of fused-ring (bicyclic) bond motifs is 1. The summed E-state index contributed by atoms with van der Waals surface area (Å²) in [6.07, 6.45) is -0.111. The maximum Gasteiger partial charge on any atom is 0.272 e. The average Bonchev–Trinajstić information content (AvgIpc) is 3.16. The van der Waals surface area contributed by atoms with Gasteiger partial charge in [0.15, 0.2) is 5.69 Å². The van der Waals surface area contributed by atoms with Crippen molar-refractivity contribution in [3.8, 4) is 5.75 Å². The smallest absolute Gasteiger partial charge is 0.272 e. The van der Waals surface area contributed by atoms with E-state index in [1.165, 1.54) is 0 Å². The van der Waals surface area contributed by atoms with E-state index in [9.17, 15) is 4.79 Å². The Morgan fingerprint density at radius 2 is 2.00 bits per heavy atom. The van der Waals surface area contributed by atoms with E-state index in [0.717, 1.165) is 22.6 Å². The van der Waals surface area contributed by atoms with Crippen LogP contribution in [0.25, 0.3) is 0 Å². The highest BCUT2D eigenvalue weighted by atomic mass is 35.5. The van der Waals surface area contributed by atoms with Crippen LogP contribution < -0.4 is 10.1 Å². The van der Waals surface area contributed by atoms with E-state index in [4.69, 9.17) is 21.1 Å². The molecule has 0 radical (unpaired) electrons. The summed E-state index contributed by atoms with van der Waals surface area (Å²) in [7, 11) is 1.62. The number of amides is 1. The number of methoxy groups -OCH3 is 1. The molecule has 0 fully saturated rings. The summed E-state index contributed by atoms with van der Waals surface area (Å²) in [5, 5.41) is 8.05. The summed E-state index contributed by atoms with van der Waals surface area (Å²) in [4.78, 5) is 12.5. The first kappa shape index (κ1) is 18.5. The molecule has 0 bridgehead atoms. The number of nitrogens with zero attached hydrogens (tertiary/aromatic N) is 2. The molecule has 1 aliphatic heterocycles. The maximum absolute atomic E-state index is 12.5. The van der Waals surface area contributed by atoms with Crippen molar-refractivity contribution in [1.82, 2.24) is 15.1 Å². The van der Waals surface area contributed by atoms with Crippen molar-refractivity contribution in [3.63, 3.8) is 0 Å². The zero-order valence-electron chi connectivity index (χ0n) is 15.4.